The summed E-state index contributed by atoms with van der Waals surface area (Å²) in [6, 6.07) is 1.78. The van der Waals surface area contributed by atoms with Crippen LogP contribution in [0.15, 0.2) is 34.0 Å². The van der Waals surface area contributed by atoms with Crippen molar-refractivity contribution in [3.05, 3.63) is 34.7 Å². The van der Waals surface area contributed by atoms with Crippen LogP contribution in [0.25, 0.3) is 0 Å². The summed E-state index contributed by atoms with van der Waals surface area (Å²) in [6.45, 7) is 1.48. The molecule has 0 bridgehead atoms. The number of rotatable bonds is 9. The van der Waals surface area contributed by atoms with Gasteiger partial charge in [-0.1, -0.05) is 0 Å². The Bertz CT molecular complexity index is 750. The summed E-state index contributed by atoms with van der Waals surface area (Å²) in [5.74, 6) is 0.423. The van der Waals surface area contributed by atoms with Gasteiger partial charge in [-0.2, -0.15) is 5.10 Å². The number of nitrogens with zero attached hydrogens (tertiary/aromatic N) is 3. The summed E-state index contributed by atoms with van der Waals surface area (Å²) in [5, 5.41) is 6.13. The van der Waals surface area contributed by atoms with Crippen LogP contribution in [0.4, 0.5) is 0 Å². The third kappa shape index (κ3) is 5.55. The number of hydrogen-bond acceptors (Lipinski definition) is 6. The number of ether oxygens (including phenoxy) is 1. The molecule has 2 aromatic heterocycles. The van der Waals surface area contributed by atoms with E-state index in [1.807, 2.05) is 14.1 Å². The molecule has 0 aliphatic heterocycles. The second-order valence-corrected chi connectivity index (χ2v) is 8.06. The average molecular weight is 418 g/mol. The summed E-state index contributed by atoms with van der Waals surface area (Å²) in [5.41, 5.74) is 0.654. The minimum absolute atomic E-state index is 0.0724. The molecule has 0 saturated carbocycles. The molecule has 0 aliphatic rings. The fourth-order valence-electron chi connectivity index (χ4n) is 1.92. The lowest BCUT2D eigenvalue weighted by atomic mass is 10.3. The number of hydrogen-bond donors (Lipinski definition) is 2. The molecule has 10 heteroatoms. The van der Waals surface area contributed by atoms with E-state index in [1.165, 1.54) is 12.4 Å². The van der Waals surface area contributed by atoms with Crippen LogP contribution in [0.2, 0.25) is 0 Å². The Kier molecular flexibility index (Phi) is 6.72. The van der Waals surface area contributed by atoms with Gasteiger partial charge in [-0.3, -0.25) is 5.10 Å². The van der Waals surface area contributed by atoms with Crippen molar-refractivity contribution >= 4 is 26.0 Å². The molecule has 2 aromatic rings. The molecule has 24 heavy (non-hydrogen) atoms. The maximum Gasteiger partial charge on any atom is 0.243 e. The largest absolute Gasteiger partial charge is 0.477 e. The lowest BCUT2D eigenvalue weighted by Gasteiger charge is -2.13. The molecule has 132 valence electrons. The van der Waals surface area contributed by atoms with Crippen molar-refractivity contribution in [2.75, 3.05) is 27.2 Å². The van der Waals surface area contributed by atoms with E-state index < -0.39 is 10.0 Å². The molecule has 0 aliphatic carbocycles. The van der Waals surface area contributed by atoms with E-state index in [9.17, 15) is 8.42 Å². The van der Waals surface area contributed by atoms with Gasteiger partial charge in [-0.15, -0.1) is 0 Å². The number of aromatic nitrogens is 3. The van der Waals surface area contributed by atoms with E-state index in [2.05, 4.69) is 40.7 Å². The van der Waals surface area contributed by atoms with Crippen LogP contribution in [0, 0.1) is 0 Å². The van der Waals surface area contributed by atoms with E-state index in [-0.39, 0.29) is 11.4 Å². The topological polar surface area (TPSA) is 100 Å². The second kappa shape index (κ2) is 8.56. The van der Waals surface area contributed by atoms with E-state index in [0.29, 0.717) is 18.1 Å². The molecule has 8 nitrogen and oxygen atoms in total. The molecule has 0 aromatic carbocycles. The highest BCUT2D eigenvalue weighted by Crippen LogP contribution is 2.21. The molecular formula is C14H20BrN5O3S. The Balaban J connectivity index is 2.02. The van der Waals surface area contributed by atoms with Crippen molar-refractivity contribution in [3.8, 4) is 5.88 Å². The van der Waals surface area contributed by atoms with Crippen LogP contribution in [0.1, 0.15) is 12.0 Å². The number of halogens is 1. The molecule has 0 radical (unpaired) electrons. The van der Waals surface area contributed by atoms with Crippen LogP contribution in [-0.4, -0.2) is 55.7 Å². The zero-order valence-electron chi connectivity index (χ0n) is 13.5. The Morgan fingerprint density at radius 2 is 2.17 bits per heavy atom. The lowest BCUT2D eigenvalue weighted by molar-refractivity contribution is 0.270. The molecule has 0 spiro atoms. The van der Waals surface area contributed by atoms with Gasteiger partial charge in [0, 0.05) is 35.5 Å². The first kappa shape index (κ1) is 18.8. The Hall–Kier alpha value is -1.49. The summed E-state index contributed by atoms with van der Waals surface area (Å²) >= 11 is 3.34. The van der Waals surface area contributed by atoms with Crippen molar-refractivity contribution < 1.29 is 13.2 Å². The first-order valence-electron chi connectivity index (χ1n) is 7.29. The maximum atomic E-state index is 12.1. The van der Waals surface area contributed by atoms with E-state index in [0.717, 1.165) is 17.4 Å². The molecular weight excluding hydrogens is 398 g/mol. The first-order chi connectivity index (χ1) is 11.4. The number of sulfonamides is 1. The minimum Gasteiger partial charge on any atom is -0.477 e. The zero-order valence-corrected chi connectivity index (χ0v) is 15.9. The monoisotopic (exact) mass is 417 g/mol. The molecule has 0 atom stereocenters. The Labute approximate surface area is 149 Å². The summed E-state index contributed by atoms with van der Waals surface area (Å²) < 4.78 is 33.3. The molecule has 0 amide bonds. The molecule has 2 rings (SSSR count). The fraction of sp³-hybridized carbons (Fsp3) is 0.429. The summed E-state index contributed by atoms with van der Waals surface area (Å²) in [6.07, 6.45) is 5.04. The van der Waals surface area contributed by atoms with Crippen LogP contribution >= 0.6 is 15.9 Å². The molecule has 0 fully saturated rings. The first-order valence-corrected chi connectivity index (χ1v) is 9.56. The van der Waals surface area contributed by atoms with Crippen molar-refractivity contribution in [3.63, 3.8) is 0 Å². The SMILES string of the molecule is CN(C)CCCOc1ncc(Br)cc1CNS(=O)(=O)c1cn[nH]c1. The molecule has 2 N–H and O–H groups in total. The predicted octanol–water partition coefficient (Wildman–Crippen LogP) is 1.38. The number of pyridine rings is 1. The summed E-state index contributed by atoms with van der Waals surface area (Å²) in [4.78, 5) is 6.37. The van der Waals surface area contributed by atoms with Crippen LogP contribution in [0.3, 0.4) is 0 Å². The van der Waals surface area contributed by atoms with Gasteiger partial charge in [0.15, 0.2) is 0 Å². The lowest BCUT2D eigenvalue weighted by Crippen LogP contribution is -2.23. The van der Waals surface area contributed by atoms with Crippen molar-refractivity contribution in [1.29, 1.82) is 0 Å². The summed E-state index contributed by atoms with van der Waals surface area (Å²) in [7, 11) is 0.358. The standard InChI is InChI=1S/C14H20BrN5O3S/c1-20(2)4-3-5-23-14-11(6-12(15)8-16-14)7-19-24(21,22)13-9-17-18-10-13/h6,8-10,19H,3-5,7H2,1-2H3,(H,17,18). The Morgan fingerprint density at radius 1 is 1.38 bits per heavy atom. The second-order valence-electron chi connectivity index (χ2n) is 5.38. The highest BCUT2D eigenvalue weighted by atomic mass is 79.9. The third-order valence-corrected chi connectivity index (χ3v) is 4.92. The van der Waals surface area contributed by atoms with Gasteiger partial charge in [0.2, 0.25) is 15.9 Å². The predicted molar refractivity (Wildman–Crippen MR) is 93.2 cm³/mol. The van der Waals surface area contributed by atoms with E-state index in [4.69, 9.17) is 4.74 Å². The molecule has 0 unspecified atom stereocenters. The van der Waals surface area contributed by atoms with E-state index in [1.54, 1.807) is 12.3 Å². The molecule has 2 heterocycles. The van der Waals surface area contributed by atoms with Gasteiger partial charge < -0.3 is 9.64 Å². The van der Waals surface area contributed by atoms with Crippen molar-refractivity contribution in [1.82, 2.24) is 24.8 Å². The fourth-order valence-corrected chi connectivity index (χ4v) is 3.21. The zero-order chi connectivity index (χ0) is 17.6. The highest BCUT2D eigenvalue weighted by molar-refractivity contribution is 9.10. The van der Waals surface area contributed by atoms with Crippen molar-refractivity contribution in [2.45, 2.75) is 17.9 Å². The number of aromatic amines is 1. The van der Waals surface area contributed by atoms with Gasteiger partial charge in [-0.05, 0) is 42.5 Å². The van der Waals surface area contributed by atoms with Gasteiger partial charge in [-0.25, -0.2) is 18.1 Å². The van der Waals surface area contributed by atoms with Gasteiger partial charge in [0.25, 0.3) is 0 Å². The average Bonchev–Trinajstić information content (AvgIpc) is 3.06. The quantitative estimate of drug-likeness (QED) is 0.597. The van der Waals surface area contributed by atoms with Crippen LogP contribution < -0.4 is 9.46 Å². The normalized spacial score (nSPS) is 11.8. The van der Waals surface area contributed by atoms with Crippen molar-refractivity contribution in [2.24, 2.45) is 0 Å². The third-order valence-electron chi connectivity index (χ3n) is 3.12. The number of H-pyrrole nitrogens is 1. The van der Waals surface area contributed by atoms with E-state index >= 15 is 0 Å². The smallest absolute Gasteiger partial charge is 0.243 e. The highest BCUT2D eigenvalue weighted by Gasteiger charge is 2.16. The molecule has 0 saturated heterocycles. The van der Waals surface area contributed by atoms with Gasteiger partial charge in [0.05, 0.1) is 12.8 Å². The maximum absolute atomic E-state index is 12.1. The van der Waals surface area contributed by atoms with Crippen LogP contribution in [0.5, 0.6) is 5.88 Å². The van der Waals surface area contributed by atoms with Gasteiger partial charge in [0.1, 0.15) is 4.90 Å². The number of nitrogens with one attached hydrogen (secondary N) is 2. The Morgan fingerprint density at radius 3 is 2.83 bits per heavy atom. The van der Waals surface area contributed by atoms with Crippen LogP contribution in [-0.2, 0) is 16.6 Å². The minimum atomic E-state index is -3.63. The van der Waals surface area contributed by atoms with Gasteiger partial charge >= 0.3 is 0 Å².